The summed E-state index contributed by atoms with van der Waals surface area (Å²) in [5.74, 6) is 0.792. The zero-order chi connectivity index (χ0) is 19.4. The average molecular weight is 367 g/mol. The van der Waals surface area contributed by atoms with Crippen molar-refractivity contribution < 1.29 is 29.6 Å². The molecule has 3 aromatic carbocycles. The van der Waals surface area contributed by atoms with Gasteiger partial charge in [-0.2, -0.15) is 0 Å². The third-order valence-electron chi connectivity index (χ3n) is 3.65. The second-order valence-corrected chi connectivity index (χ2v) is 5.71. The summed E-state index contributed by atoms with van der Waals surface area (Å²) in [5, 5.41) is 27.2. The molecule has 0 saturated heterocycles. The number of carbonyl (C=O) groups is 1. The van der Waals surface area contributed by atoms with Crippen LogP contribution in [0.25, 0.3) is 0 Å². The van der Waals surface area contributed by atoms with Crippen LogP contribution in [-0.4, -0.2) is 21.3 Å². The Morgan fingerprint density at radius 3 is 1.70 bits per heavy atom. The van der Waals surface area contributed by atoms with E-state index in [-0.39, 0.29) is 5.56 Å². The van der Waals surface area contributed by atoms with Gasteiger partial charge in [-0.3, -0.25) is 0 Å². The molecule has 0 aliphatic heterocycles. The molecule has 0 fully saturated rings. The van der Waals surface area contributed by atoms with Crippen molar-refractivity contribution in [1.29, 1.82) is 0 Å². The third kappa shape index (κ3) is 4.75. The Balaban J connectivity index is 1.76. The molecular weight excluding hydrogens is 350 g/mol. The molecule has 0 aromatic heterocycles. The monoisotopic (exact) mass is 367 g/mol. The summed E-state index contributed by atoms with van der Waals surface area (Å²) in [6.07, 6.45) is -1.54. The van der Waals surface area contributed by atoms with E-state index >= 15 is 0 Å². The number of carboxylic acids is 1. The molecule has 3 aromatic rings. The molecule has 7 nitrogen and oxygen atoms in total. The number of aromatic carboxylic acids is 1. The van der Waals surface area contributed by atoms with E-state index < -0.39 is 12.3 Å². The van der Waals surface area contributed by atoms with Gasteiger partial charge >= 0.3 is 5.97 Å². The standard InChI is InChI=1S/C20H17NO6/c21-14-9-17(26-15-5-1-12(2-6-15)19(22)23)11-18(10-14)27-16-7-3-13(4-8-16)20(24)25/h1-11,19,22-23H,21H2,(H,24,25). The zero-order valence-electron chi connectivity index (χ0n) is 14.1. The van der Waals surface area contributed by atoms with Crippen molar-refractivity contribution in [3.63, 3.8) is 0 Å². The van der Waals surface area contributed by atoms with E-state index in [0.29, 0.717) is 34.2 Å². The first-order chi connectivity index (χ1) is 12.9. The number of hydrogen-bond acceptors (Lipinski definition) is 6. The Hall–Kier alpha value is -3.55. The molecule has 0 unspecified atom stereocenters. The Bertz CT molecular complexity index is 936. The lowest BCUT2D eigenvalue weighted by Crippen LogP contribution is -1.96. The van der Waals surface area contributed by atoms with Crippen LogP contribution in [-0.2, 0) is 0 Å². The summed E-state index contributed by atoms with van der Waals surface area (Å²) >= 11 is 0. The maximum atomic E-state index is 10.9. The smallest absolute Gasteiger partial charge is 0.335 e. The van der Waals surface area contributed by atoms with Crippen LogP contribution < -0.4 is 15.2 Å². The van der Waals surface area contributed by atoms with Gasteiger partial charge in [0.05, 0.1) is 5.56 Å². The molecule has 0 saturated carbocycles. The van der Waals surface area contributed by atoms with Crippen molar-refractivity contribution >= 4 is 11.7 Å². The van der Waals surface area contributed by atoms with Crippen LogP contribution in [0.1, 0.15) is 22.2 Å². The predicted molar refractivity (Wildman–Crippen MR) is 98.0 cm³/mol. The Morgan fingerprint density at radius 1 is 0.778 bits per heavy atom. The summed E-state index contributed by atoms with van der Waals surface area (Å²) < 4.78 is 11.4. The van der Waals surface area contributed by atoms with Gasteiger partial charge in [-0.15, -0.1) is 0 Å². The maximum Gasteiger partial charge on any atom is 0.335 e. The fourth-order valence-corrected chi connectivity index (χ4v) is 2.36. The molecule has 5 N–H and O–H groups in total. The number of nitrogen functional groups attached to an aromatic ring is 1. The topological polar surface area (TPSA) is 122 Å². The van der Waals surface area contributed by atoms with Gasteiger partial charge in [-0.25, -0.2) is 4.79 Å². The molecule has 0 radical (unpaired) electrons. The van der Waals surface area contributed by atoms with Gasteiger partial charge in [-0.1, -0.05) is 12.1 Å². The predicted octanol–water partition coefficient (Wildman–Crippen LogP) is 3.53. The first-order valence-corrected chi connectivity index (χ1v) is 7.96. The number of aliphatic hydroxyl groups is 2. The molecule has 0 spiro atoms. The summed E-state index contributed by atoms with van der Waals surface area (Å²) in [4.78, 5) is 10.9. The molecule has 0 heterocycles. The van der Waals surface area contributed by atoms with Crippen molar-refractivity contribution in [2.45, 2.75) is 6.29 Å². The molecule has 138 valence electrons. The van der Waals surface area contributed by atoms with E-state index in [1.54, 1.807) is 42.5 Å². The number of benzene rings is 3. The van der Waals surface area contributed by atoms with Crippen LogP contribution in [0.4, 0.5) is 5.69 Å². The third-order valence-corrected chi connectivity index (χ3v) is 3.65. The summed E-state index contributed by atoms with van der Waals surface area (Å²) in [5.41, 5.74) is 6.83. The number of anilines is 1. The number of nitrogens with two attached hydrogens (primary N) is 1. The molecule has 0 aliphatic rings. The van der Waals surface area contributed by atoms with Crippen molar-refractivity contribution in [3.8, 4) is 23.0 Å². The molecule has 3 rings (SSSR count). The SMILES string of the molecule is Nc1cc(Oc2ccc(C(=O)O)cc2)cc(Oc2ccc(C(O)O)cc2)c1. The van der Waals surface area contributed by atoms with Crippen LogP contribution >= 0.6 is 0 Å². The van der Waals surface area contributed by atoms with E-state index in [0.717, 1.165) is 0 Å². The van der Waals surface area contributed by atoms with E-state index in [1.807, 2.05) is 0 Å². The second kappa shape index (κ2) is 7.77. The summed E-state index contributed by atoms with van der Waals surface area (Å²) in [7, 11) is 0. The first kappa shape index (κ1) is 18.2. The highest BCUT2D eigenvalue weighted by molar-refractivity contribution is 5.87. The lowest BCUT2D eigenvalue weighted by atomic mass is 10.2. The fraction of sp³-hybridized carbons (Fsp3) is 0.0500. The second-order valence-electron chi connectivity index (χ2n) is 5.71. The minimum atomic E-state index is -1.54. The minimum Gasteiger partial charge on any atom is -0.478 e. The van der Waals surface area contributed by atoms with E-state index in [1.165, 1.54) is 24.3 Å². The molecule has 27 heavy (non-hydrogen) atoms. The molecular formula is C20H17NO6. The average Bonchev–Trinajstić information content (AvgIpc) is 2.62. The first-order valence-electron chi connectivity index (χ1n) is 7.96. The molecule has 0 amide bonds. The van der Waals surface area contributed by atoms with Gasteiger partial charge in [0.1, 0.15) is 23.0 Å². The van der Waals surface area contributed by atoms with Gasteiger partial charge < -0.3 is 30.5 Å². The van der Waals surface area contributed by atoms with Crippen LogP contribution in [0.15, 0.2) is 66.7 Å². The minimum absolute atomic E-state index is 0.162. The van der Waals surface area contributed by atoms with Crippen molar-refractivity contribution in [3.05, 3.63) is 77.9 Å². The quantitative estimate of drug-likeness (QED) is 0.388. The highest BCUT2D eigenvalue weighted by Gasteiger charge is 2.07. The van der Waals surface area contributed by atoms with Crippen molar-refractivity contribution in [2.24, 2.45) is 0 Å². The highest BCUT2D eigenvalue weighted by Crippen LogP contribution is 2.31. The van der Waals surface area contributed by atoms with Crippen LogP contribution in [0.5, 0.6) is 23.0 Å². The van der Waals surface area contributed by atoms with Crippen LogP contribution in [0, 0.1) is 0 Å². The van der Waals surface area contributed by atoms with Crippen LogP contribution in [0.2, 0.25) is 0 Å². The largest absolute Gasteiger partial charge is 0.478 e. The normalized spacial score (nSPS) is 10.6. The van der Waals surface area contributed by atoms with E-state index in [9.17, 15) is 4.79 Å². The van der Waals surface area contributed by atoms with E-state index in [2.05, 4.69) is 0 Å². The number of rotatable bonds is 6. The Kier molecular flexibility index (Phi) is 5.25. The highest BCUT2D eigenvalue weighted by atomic mass is 16.5. The van der Waals surface area contributed by atoms with Crippen LogP contribution in [0.3, 0.4) is 0 Å². The number of hydrogen-bond donors (Lipinski definition) is 4. The molecule has 0 atom stereocenters. The van der Waals surface area contributed by atoms with Gasteiger partial charge in [0.15, 0.2) is 6.29 Å². The zero-order valence-corrected chi connectivity index (χ0v) is 14.1. The lowest BCUT2D eigenvalue weighted by molar-refractivity contribution is -0.0425. The molecule has 0 aliphatic carbocycles. The summed E-state index contributed by atoms with van der Waals surface area (Å²) in [6.45, 7) is 0. The van der Waals surface area contributed by atoms with Gasteiger partial charge in [0.25, 0.3) is 0 Å². The Morgan fingerprint density at radius 2 is 1.26 bits per heavy atom. The van der Waals surface area contributed by atoms with E-state index in [4.69, 9.17) is 30.5 Å². The molecule has 7 heteroatoms. The van der Waals surface area contributed by atoms with Crippen molar-refractivity contribution in [1.82, 2.24) is 0 Å². The number of aliphatic hydroxyl groups excluding tert-OH is 1. The van der Waals surface area contributed by atoms with Gasteiger partial charge in [0, 0.05) is 29.4 Å². The number of carboxylic acid groups (broad SMARTS) is 1. The van der Waals surface area contributed by atoms with Gasteiger partial charge in [-0.05, 0) is 36.4 Å². The lowest BCUT2D eigenvalue weighted by Gasteiger charge is -2.11. The molecule has 0 bridgehead atoms. The summed E-state index contributed by atoms with van der Waals surface area (Å²) in [6, 6.07) is 17.1. The fourth-order valence-electron chi connectivity index (χ4n) is 2.36. The van der Waals surface area contributed by atoms with Gasteiger partial charge in [0.2, 0.25) is 0 Å². The Labute approximate surface area is 154 Å². The maximum absolute atomic E-state index is 10.9. The number of ether oxygens (including phenoxy) is 2. The van der Waals surface area contributed by atoms with Crippen molar-refractivity contribution in [2.75, 3.05) is 5.73 Å².